The van der Waals surface area contributed by atoms with Gasteiger partial charge in [0.25, 0.3) is 0 Å². The molecule has 0 radical (unpaired) electrons. The van der Waals surface area contributed by atoms with Crippen molar-refractivity contribution in [1.29, 1.82) is 0 Å². The first kappa shape index (κ1) is 17.8. The Bertz CT molecular complexity index is 407. The van der Waals surface area contributed by atoms with Crippen LogP contribution in [0.4, 0.5) is 0 Å². The summed E-state index contributed by atoms with van der Waals surface area (Å²) >= 11 is 0. The molecule has 2 bridgehead atoms. The number of hydrogen-bond acceptors (Lipinski definition) is 4. The van der Waals surface area contributed by atoms with E-state index in [0.29, 0.717) is 6.04 Å². The minimum absolute atomic E-state index is 0. The van der Waals surface area contributed by atoms with Crippen LogP contribution < -0.4 is 5.32 Å². The molecule has 2 aliphatic heterocycles. The summed E-state index contributed by atoms with van der Waals surface area (Å²) in [5, 5.41) is 3.69. The Kier molecular flexibility index (Phi) is 6.32. The van der Waals surface area contributed by atoms with Crippen molar-refractivity contribution in [2.45, 2.75) is 64.2 Å². The Morgan fingerprint density at radius 1 is 1.20 bits per heavy atom. The molecule has 116 valence electrons. The van der Waals surface area contributed by atoms with Crippen LogP contribution in [-0.2, 0) is 6.54 Å². The van der Waals surface area contributed by atoms with Crippen molar-refractivity contribution < 1.29 is 4.42 Å². The molecule has 0 spiro atoms. The first-order valence-corrected chi connectivity index (χ1v) is 7.01. The predicted molar refractivity (Wildman–Crippen MR) is 84.9 cm³/mol. The average Bonchev–Trinajstić information content (AvgIpc) is 2.82. The van der Waals surface area contributed by atoms with E-state index in [1.807, 2.05) is 13.8 Å². The van der Waals surface area contributed by atoms with Gasteiger partial charge in [0.2, 0.25) is 5.89 Å². The number of hydrogen-bond donors (Lipinski definition) is 1. The summed E-state index contributed by atoms with van der Waals surface area (Å²) < 4.78 is 5.68. The van der Waals surface area contributed by atoms with E-state index >= 15 is 0 Å². The SMILES string of the molecule is Cc1nc(CN(C)C2CC3CCC(C2)N3)oc1C.Cl.Cl. The van der Waals surface area contributed by atoms with Crippen LogP contribution in [0.5, 0.6) is 0 Å². The van der Waals surface area contributed by atoms with Gasteiger partial charge >= 0.3 is 0 Å². The molecule has 1 aromatic rings. The lowest BCUT2D eigenvalue weighted by atomic mass is 9.98. The number of aromatic nitrogens is 1. The lowest BCUT2D eigenvalue weighted by Crippen LogP contribution is -2.46. The van der Waals surface area contributed by atoms with E-state index in [9.17, 15) is 0 Å². The van der Waals surface area contributed by atoms with Gasteiger partial charge < -0.3 is 9.73 Å². The van der Waals surface area contributed by atoms with E-state index in [4.69, 9.17) is 4.42 Å². The van der Waals surface area contributed by atoms with Crippen molar-refractivity contribution in [3.05, 3.63) is 17.3 Å². The number of rotatable bonds is 3. The summed E-state index contributed by atoms with van der Waals surface area (Å²) in [7, 11) is 2.20. The van der Waals surface area contributed by atoms with Gasteiger partial charge in [-0.25, -0.2) is 4.98 Å². The molecule has 2 fully saturated rings. The zero-order valence-corrected chi connectivity index (χ0v) is 14.0. The van der Waals surface area contributed by atoms with Crippen LogP contribution in [-0.4, -0.2) is 35.1 Å². The topological polar surface area (TPSA) is 41.3 Å². The molecule has 2 aliphatic rings. The van der Waals surface area contributed by atoms with Crippen LogP contribution in [0.15, 0.2) is 4.42 Å². The van der Waals surface area contributed by atoms with Gasteiger partial charge in [0.05, 0.1) is 12.2 Å². The van der Waals surface area contributed by atoms with Gasteiger partial charge in [0.15, 0.2) is 0 Å². The molecule has 6 heteroatoms. The first-order chi connectivity index (χ1) is 8.61. The summed E-state index contributed by atoms with van der Waals surface area (Å²) in [5.41, 5.74) is 1.02. The van der Waals surface area contributed by atoms with Gasteiger partial charge in [0.1, 0.15) is 5.76 Å². The molecular weight excluding hydrogens is 297 g/mol. The van der Waals surface area contributed by atoms with Crippen LogP contribution in [0.1, 0.15) is 43.0 Å². The second-order valence-corrected chi connectivity index (χ2v) is 5.93. The smallest absolute Gasteiger partial charge is 0.208 e. The lowest BCUT2D eigenvalue weighted by molar-refractivity contribution is 0.153. The molecule has 1 aromatic heterocycles. The number of aryl methyl sites for hydroxylation is 2. The van der Waals surface area contributed by atoms with Crippen molar-refractivity contribution in [2.24, 2.45) is 0 Å². The minimum atomic E-state index is 0. The maximum atomic E-state index is 5.68. The first-order valence-electron chi connectivity index (χ1n) is 7.01. The fourth-order valence-corrected chi connectivity index (χ4v) is 3.34. The standard InChI is InChI=1S/C14H23N3O.2ClH/c1-9-10(2)18-14(15-9)8-17(3)13-6-11-4-5-12(7-13)16-11;;/h11-13,16H,4-8H2,1-3H3;2*1H. The maximum Gasteiger partial charge on any atom is 0.208 e. The van der Waals surface area contributed by atoms with E-state index in [2.05, 4.69) is 22.2 Å². The summed E-state index contributed by atoms with van der Waals surface area (Å²) in [6, 6.07) is 2.16. The number of nitrogens with zero attached hydrogens (tertiary/aromatic N) is 2. The zero-order chi connectivity index (χ0) is 12.7. The highest BCUT2D eigenvalue weighted by atomic mass is 35.5. The second-order valence-electron chi connectivity index (χ2n) is 5.93. The Morgan fingerprint density at radius 3 is 2.30 bits per heavy atom. The molecule has 0 amide bonds. The van der Waals surface area contributed by atoms with E-state index in [-0.39, 0.29) is 24.8 Å². The number of halogens is 2. The van der Waals surface area contributed by atoms with Crippen LogP contribution in [0, 0.1) is 13.8 Å². The third-order valence-electron chi connectivity index (χ3n) is 4.53. The van der Waals surface area contributed by atoms with Crippen molar-refractivity contribution in [3.63, 3.8) is 0 Å². The van der Waals surface area contributed by atoms with Gasteiger partial charge in [-0.05, 0) is 46.6 Å². The molecule has 4 nitrogen and oxygen atoms in total. The van der Waals surface area contributed by atoms with Crippen LogP contribution in [0.3, 0.4) is 0 Å². The number of oxazole rings is 1. The third kappa shape index (κ3) is 3.67. The normalized spacial score (nSPS) is 28.1. The predicted octanol–water partition coefficient (Wildman–Crippen LogP) is 2.85. The fraction of sp³-hybridized carbons (Fsp3) is 0.786. The summed E-state index contributed by atoms with van der Waals surface area (Å²) in [6.07, 6.45) is 5.25. The molecule has 2 saturated heterocycles. The van der Waals surface area contributed by atoms with Crippen LogP contribution in [0.2, 0.25) is 0 Å². The average molecular weight is 322 g/mol. The molecule has 0 aromatic carbocycles. The Labute approximate surface area is 133 Å². The molecule has 3 rings (SSSR count). The molecule has 3 heterocycles. The monoisotopic (exact) mass is 321 g/mol. The third-order valence-corrected chi connectivity index (χ3v) is 4.53. The lowest BCUT2D eigenvalue weighted by Gasteiger charge is -2.34. The highest BCUT2D eigenvalue weighted by Gasteiger charge is 2.35. The van der Waals surface area contributed by atoms with Crippen LogP contribution in [0.25, 0.3) is 0 Å². The second kappa shape index (κ2) is 7.12. The quantitative estimate of drug-likeness (QED) is 0.929. The van der Waals surface area contributed by atoms with Gasteiger partial charge in [-0.2, -0.15) is 0 Å². The van der Waals surface area contributed by atoms with E-state index in [1.165, 1.54) is 25.7 Å². The molecule has 0 aliphatic carbocycles. The van der Waals surface area contributed by atoms with Crippen molar-refractivity contribution >= 4 is 24.8 Å². The zero-order valence-electron chi connectivity index (χ0n) is 12.4. The molecule has 1 N–H and O–H groups in total. The van der Waals surface area contributed by atoms with Crippen molar-refractivity contribution in [1.82, 2.24) is 15.2 Å². The van der Waals surface area contributed by atoms with Crippen LogP contribution >= 0.6 is 24.8 Å². The number of nitrogens with one attached hydrogen (secondary N) is 1. The van der Waals surface area contributed by atoms with Gasteiger partial charge in [-0.3, -0.25) is 4.90 Å². The highest BCUT2D eigenvalue weighted by Crippen LogP contribution is 2.29. The summed E-state index contributed by atoms with van der Waals surface area (Å²) in [6.45, 7) is 4.82. The Morgan fingerprint density at radius 2 is 1.80 bits per heavy atom. The highest BCUT2D eigenvalue weighted by molar-refractivity contribution is 5.85. The van der Waals surface area contributed by atoms with Gasteiger partial charge in [0, 0.05) is 18.1 Å². The van der Waals surface area contributed by atoms with Crippen molar-refractivity contribution in [3.8, 4) is 0 Å². The maximum absolute atomic E-state index is 5.68. The molecule has 2 unspecified atom stereocenters. The molecule has 2 atom stereocenters. The van der Waals surface area contributed by atoms with Crippen molar-refractivity contribution in [2.75, 3.05) is 7.05 Å². The molecular formula is C14H25Cl2N3O. The Hall–Kier alpha value is -0.290. The van der Waals surface area contributed by atoms with E-state index in [0.717, 1.165) is 36.0 Å². The minimum Gasteiger partial charge on any atom is -0.444 e. The Balaban J connectivity index is 0.000001000. The number of piperidine rings is 1. The van der Waals surface area contributed by atoms with E-state index in [1.54, 1.807) is 0 Å². The number of fused-ring (bicyclic) bond motifs is 2. The van der Waals surface area contributed by atoms with E-state index < -0.39 is 0 Å². The van der Waals surface area contributed by atoms with Gasteiger partial charge in [-0.1, -0.05) is 0 Å². The molecule has 0 saturated carbocycles. The summed E-state index contributed by atoms with van der Waals surface area (Å²) in [5.74, 6) is 1.81. The largest absolute Gasteiger partial charge is 0.444 e. The molecule has 20 heavy (non-hydrogen) atoms. The fourth-order valence-electron chi connectivity index (χ4n) is 3.34. The summed E-state index contributed by atoms with van der Waals surface area (Å²) in [4.78, 5) is 6.89. The van der Waals surface area contributed by atoms with Gasteiger partial charge in [-0.15, -0.1) is 24.8 Å².